The predicted octanol–water partition coefficient (Wildman–Crippen LogP) is -0.0451. The molecule has 0 unspecified atom stereocenters. The van der Waals surface area contributed by atoms with Gasteiger partial charge in [-0.15, -0.1) is 5.10 Å². The van der Waals surface area contributed by atoms with Crippen molar-refractivity contribution in [2.24, 2.45) is 0 Å². The van der Waals surface area contributed by atoms with Gasteiger partial charge in [0.2, 0.25) is 0 Å². The molecule has 3 N–H and O–H groups in total. The first kappa shape index (κ1) is 12.7. The van der Waals surface area contributed by atoms with Crippen LogP contribution in [-0.4, -0.2) is 42.2 Å². The minimum absolute atomic E-state index is 0.0428. The number of carbonyl (C=O) groups is 2. The summed E-state index contributed by atoms with van der Waals surface area (Å²) in [5.74, 6) is -1.53. The van der Waals surface area contributed by atoms with E-state index in [-0.39, 0.29) is 12.2 Å². The lowest BCUT2D eigenvalue weighted by Crippen LogP contribution is -2.13. The molecule has 0 radical (unpaired) electrons. The molecule has 1 amide bonds. The number of hydrogen-bond donors (Lipinski definition) is 3. The third-order valence-electron chi connectivity index (χ3n) is 2.44. The van der Waals surface area contributed by atoms with Gasteiger partial charge < -0.3 is 10.4 Å². The lowest BCUT2D eigenvalue weighted by atomic mass is 10.3. The average Bonchev–Trinajstić information content (AvgIpc) is 2.90. The van der Waals surface area contributed by atoms with Gasteiger partial charge >= 0.3 is 5.97 Å². The Morgan fingerprint density at radius 1 is 1.47 bits per heavy atom. The fraction of sp³-hybridized carbons (Fsp3) is 0.300. The van der Waals surface area contributed by atoms with E-state index in [4.69, 9.17) is 5.11 Å². The number of carboxylic acids is 1. The van der Waals surface area contributed by atoms with E-state index in [9.17, 15) is 9.59 Å². The zero-order chi connectivity index (χ0) is 14.0. The first-order valence-corrected chi connectivity index (χ1v) is 5.42. The van der Waals surface area contributed by atoms with E-state index in [0.29, 0.717) is 11.4 Å². The Hall–Kier alpha value is -2.71. The van der Waals surface area contributed by atoms with Crippen molar-refractivity contribution in [3.63, 3.8) is 0 Å². The molecule has 19 heavy (non-hydrogen) atoms. The van der Waals surface area contributed by atoms with Crippen molar-refractivity contribution in [3.8, 4) is 0 Å². The van der Waals surface area contributed by atoms with Crippen molar-refractivity contribution >= 4 is 17.6 Å². The molecule has 2 rings (SSSR count). The molecule has 0 aromatic carbocycles. The van der Waals surface area contributed by atoms with Crippen molar-refractivity contribution in [1.29, 1.82) is 0 Å². The number of nitrogens with one attached hydrogen (secondary N) is 2. The Labute approximate surface area is 107 Å². The summed E-state index contributed by atoms with van der Waals surface area (Å²) in [6.45, 7) is 3.18. The van der Waals surface area contributed by atoms with Crippen LogP contribution in [0.25, 0.3) is 0 Å². The van der Waals surface area contributed by atoms with Gasteiger partial charge in [0, 0.05) is 0 Å². The second-order valence-electron chi connectivity index (χ2n) is 3.96. The van der Waals surface area contributed by atoms with Gasteiger partial charge in [-0.25, -0.2) is 4.68 Å². The van der Waals surface area contributed by atoms with Crippen molar-refractivity contribution in [1.82, 2.24) is 25.2 Å². The molecule has 0 saturated heterocycles. The van der Waals surface area contributed by atoms with Gasteiger partial charge in [-0.1, -0.05) is 5.21 Å². The molecule has 2 aromatic rings. The number of anilines is 1. The number of aliphatic carboxylic acids is 1. The highest BCUT2D eigenvalue weighted by Crippen LogP contribution is 2.16. The Kier molecular flexibility index (Phi) is 3.27. The molecule has 0 fully saturated rings. The number of aromatic nitrogens is 5. The Balaban J connectivity index is 2.12. The van der Waals surface area contributed by atoms with E-state index in [0.717, 1.165) is 10.4 Å². The van der Waals surface area contributed by atoms with E-state index in [1.54, 1.807) is 13.8 Å². The third kappa shape index (κ3) is 2.76. The smallest absolute Gasteiger partial charge is 0.325 e. The minimum atomic E-state index is -1.06. The number of aromatic amines is 1. The zero-order valence-electron chi connectivity index (χ0n) is 10.3. The summed E-state index contributed by atoms with van der Waals surface area (Å²) in [5, 5.41) is 25.1. The number of hydrogen-bond acceptors (Lipinski definition) is 5. The lowest BCUT2D eigenvalue weighted by Gasteiger charge is -2.01. The third-order valence-corrected chi connectivity index (χ3v) is 2.44. The highest BCUT2D eigenvalue weighted by atomic mass is 16.4. The van der Waals surface area contributed by atoms with Gasteiger partial charge in [-0.05, 0) is 13.8 Å². The summed E-state index contributed by atoms with van der Waals surface area (Å²) in [7, 11) is 0. The largest absolute Gasteiger partial charge is 0.480 e. The maximum Gasteiger partial charge on any atom is 0.325 e. The van der Waals surface area contributed by atoms with Crippen LogP contribution in [-0.2, 0) is 11.3 Å². The van der Waals surface area contributed by atoms with Crippen LogP contribution in [0.4, 0.5) is 5.69 Å². The summed E-state index contributed by atoms with van der Waals surface area (Å²) in [6, 6.07) is 0. The van der Waals surface area contributed by atoms with Crippen molar-refractivity contribution in [2.75, 3.05) is 5.32 Å². The summed E-state index contributed by atoms with van der Waals surface area (Å²) < 4.78 is 1.08. The molecule has 2 aromatic heterocycles. The zero-order valence-corrected chi connectivity index (χ0v) is 10.3. The molecule has 9 heteroatoms. The van der Waals surface area contributed by atoms with Crippen LogP contribution >= 0.6 is 0 Å². The second kappa shape index (κ2) is 4.88. The molecule has 100 valence electrons. The molecule has 2 heterocycles. The molecule has 0 aliphatic carbocycles. The van der Waals surface area contributed by atoms with Crippen molar-refractivity contribution in [3.05, 3.63) is 23.3 Å². The van der Waals surface area contributed by atoms with Crippen LogP contribution in [0.5, 0.6) is 0 Å². The maximum atomic E-state index is 11.9. The number of H-pyrrole nitrogens is 1. The number of aryl methyl sites for hydroxylation is 2. The van der Waals surface area contributed by atoms with E-state index in [2.05, 4.69) is 25.8 Å². The maximum absolute atomic E-state index is 11.9. The summed E-state index contributed by atoms with van der Waals surface area (Å²) in [6.07, 6.45) is 1.27. The summed E-state index contributed by atoms with van der Waals surface area (Å²) in [4.78, 5) is 22.4. The van der Waals surface area contributed by atoms with Gasteiger partial charge in [0.15, 0.2) is 5.69 Å². The van der Waals surface area contributed by atoms with Gasteiger partial charge in [-0.3, -0.25) is 14.7 Å². The molecule has 0 saturated carbocycles. The number of nitrogens with zero attached hydrogens (tertiary/aromatic N) is 4. The molecule has 0 spiro atoms. The van der Waals surface area contributed by atoms with Gasteiger partial charge in [0.05, 0.1) is 23.3 Å². The predicted molar refractivity (Wildman–Crippen MR) is 63.7 cm³/mol. The highest BCUT2D eigenvalue weighted by molar-refractivity contribution is 6.03. The second-order valence-corrected chi connectivity index (χ2v) is 3.96. The number of carboxylic acid groups (broad SMARTS) is 1. The SMILES string of the molecule is Cc1n[nH]c(C)c1NC(=O)c1cn(CC(=O)O)nn1. The molecule has 9 nitrogen and oxygen atoms in total. The molecule has 0 aliphatic heterocycles. The Bertz CT molecular complexity index is 609. The standard InChI is InChI=1S/C10H12N6O3/c1-5-9(6(2)13-12-5)11-10(19)7-3-16(15-14-7)4-8(17)18/h3H,4H2,1-2H3,(H,11,19)(H,12,13)(H,17,18). The Morgan fingerprint density at radius 2 is 2.21 bits per heavy atom. The van der Waals surface area contributed by atoms with Gasteiger partial charge in [-0.2, -0.15) is 5.10 Å². The van der Waals surface area contributed by atoms with Gasteiger partial charge in [0.1, 0.15) is 6.54 Å². The molecular formula is C10H12N6O3. The van der Waals surface area contributed by atoms with Crippen molar-refractivity contribution < 1.29 is 14.7 Å². The van der Waals surface area contributed by atoms with E-state index < -0.39 is 11.9 Å². The molecular weight excluding hydrogens is 252 g/mol. The van der Waals surface area contributed by atoms with Crippen LogP contribution in [0.15, 0.2) is 6.20 Å². The fourth-order valence-corrected chi connectivity index (χ4v) is 1.53. The van der Waals surface area contributed by atoms with E-state index in [1.807, 2.05) is 0 Å². The quantitative estimate of drug-likeness (QED) is 0.711. The number of carbonyl (C=O) groups excluding carboxylic acids is 1. The fourth-order valence-electron chi connectivity index (χ4n) is 1.53. The summed E-state index contributed by atoms with van der Waals surface area (Å²) >= 11 is 0. The van der Waals surface area contributed by atoms with Crippen LogP contribution in [0, 0.1) is 13.8 Å². The highest BCUT2D eigenvalue weighted by Gasteiger charge is 2.15. The minimum Gasteiger partial charge on any atom is -0.480 e. The number of rotatable bonds is 4. The molecule has 0 atom stereocenters. The van der Waals surface area contributed by atoms with Crippen LogP contribution in [0.1, 0.15) is 21.9 Å². The average molecular weight is 264 g/mol. The van der Waals surface area contributed by atoms with Crippen LogP contribution in [0.2, 0.25) is 0 Å². The van der Waals surface area contributed by atoms with E-state index in [1.165, 1.54) is 6.20 Å². The van der Waals surface area contributed by atoms with Crippen LogP contribution < -0.4 is 5.32 Å². The topological polar surface area (TPSA) is 126 Å². The normalized spacial score (nSPS) is 10.4. The van der Waals surface area contributed by atoms with Crippen LogP contribution in [0.3, 0.4) is 0 Å². The molecule has 0 aliphatic rings. The first-order valence-electron chi connectivity index (χ1n) is 5.42. The van der Waals surface area contributed by atoms with Crippen molar-refractivity contribution in [2.45, 2.75) is 20.4 Å². The van der Waals surface area contributed by atoms with E-state index >= 15 is 0 Å². The first-order chi connectivity index (χ1) is 8.97. The monoisotopic (exact) mass is 264 g/mol. The number of amides is 1. The molecule has 0 bridgehead atoms. The summed E-state index contributed by atoms with van der Waals surface area (Å²) in [5.41, 5.74) is 2.01. The lowest BCUT2D eigenvalue weighted by molar-refractivity contribution is -0.137. The Morgan fingerprint density at radius 3 is 2.79 bits per heavy atom. The van der Waals surface area contributed by atoms with Gasteiger partial charge in [0.25, 0.3) is 5.91 Å².